The zero-order valence-electron chi connectivity index (χ0n) is 16.9. The molecular weight excluding hydrogens is 424 g/mol. The summed E-state index contributed by atoms with van der Waals surface area (Å²) in [6.07, 6.45) is 2.68. The molecule has 1 aromatic carbocycles. The number of hydrogen-bond donors (Lipinski definition) is 1. The Bertz CT molecular complexity index is 1130. The lowest BCUT2D eigenvalue weighted by atomic mass is 9.88. The molecule has 0 saturated heterocycles. The van der Waals surface area contributed by atoms with Gasteiger partial charge in [-0.1, -0.05) is 41.9 Å². The van der Waals surface area contributed by atoms with Gasteiger partial charge in [-0.15, -0.1) is 11.3 Å². The summed E-state index contributed by atoms with van der Waals surface area (Å²) in [4.78, 5) is 26.9. The van der Waals surface area contributed by atoms with E-state index in [0.717, 1.165) is 29.7 Å². The highest BCUT2D eigenvalue weighted by Gasteiger charge is 2.30. The van der Waals surface area contributed by atoms with Crippen LogP contribution in [0.1, 0.15) is 50.3 Å². The number of fused-ring (bicyclic) bond motifs is 1. The summed E-state index contributed by atoms with van der Waals surface area (Å²) in [6, 6.07) is 7.13. The van der Waals surface area contributed by atoms with Gasteiger partial charge >= 0.3 is 5.97 Å². The largest absolute Gasteiger partial charge is 0.465 e. The fraction of sp³-hybridized carbons (Fsp3) is 0.318. The SMILES string of the molecule is COC(=O)c1c(NC(=O)c2c(-c3ccccc3Cl)noc2C)sc2c1CC[C@@H](C)C2. The smallest absolute Gasteiger partial charge is 0.341 e. The van der Waals surface area contributed by atoms with Gasteiger partial charge in [0.05, 0.1) is 17.7 Å². The van der Waals surface area contributed by atoms with Crippen molar-refractivity contribution in [1.82, 2.24) is 5.16 Å². The number of carbonyl (C=O) groups is 2. The van der Waals surface area contributed by atoms with Gasteiger partial charge in [0.15, 0.2) is 0 Å². The van der Waals surface area contributed by atoms with E-state index in [1.165, 1.54) is 18.4 Å². The maximum Gasteiger partial charge on any atom is 0.341 e. The fourth-order valence-corrected chi connectivity index (χ4v) is 5.42. The van der Waals surface area contributed by atoms with Crippen molar-refractivity contribution < 1.29 is 18.8 Å². The fourth-order valence-electron chi connectivity index (χ4n) is 3.80. The molecule has 0 saturated carbocycles. The van der Waals surface area contributed by atoms with E-state index < -0.39 is 11.9 Å². The average molecular weight is 445 g/mol. The molecule has 30 heavy (non-hydrogen) atoms. The molecule has 0 bridgehead atoms. The molecule has 2 aromatic heterocycles. The number of aromatic nitrogens is 1. The number of esters is 1. The van der Waals surface area contributed by atoms with Crippen molar-refractivity contribution in [3.05, 3.63) is 56.6 Å². The summed E-state index contributed by atoms with van der Waals surface area (Å²) in [5.74, 6) is 0.0699. The number of amides is 1. The van der Waals surface area contributed by atoms with Gasteiger partial charge in [0, 0.05) is 10.4 Å². The molecule has 156 valence electrons. The summed E-state index contributed by atoms with van der Waals surface area (Å²) in [6.45, 7) is 3.86. The van der Waals surface area contributed by atoms with Crippen molar-refractivity contribution in [3.63, 3.8) is 0 Å². The van der Waals surface area contributed by atoms with Crippen LogP contribution >= 0.6 is 22.9 Å². The number of ether oxygens (including phenoxy) is 1. The number of hydrogen-bond acceptors (Lipinski definition) is 6. The lowest BCUT2D eigenvalue weighted by Crippen LogP contribution is -2.16. The predicted octanol–water partition coefficient (Wildman–Crippen LogP) is 5.53. The Kier molecular flexibility index (Phi) is 5.66. The predicted molar refractivity (Wildman–Crippen MR) is 116 cm³/mol. The van der Waals surface area contributed by atoms with E-state index in [0.29, 0.717) is 44.1 Å². The maximum absolute atomic E-state index is 13.2. The minimum atomic E-state index is -0.439. The molecule has 1 aliphatic carbocycles. The van der Waals surface area contributed by atoms with Crippen LogP contribution in [-0.2, 0) is 17.6 Å². The molecule has 1 amide bonds. The molecule has 3 aromatic rings. The van der Waals surface area contributed by atoms with Gasteiger partial charge in [0.1, 0.15) is 22.0 Å². The number of carbonyl (C=O) groups excluding carboxylic acids is 2. The maximum atomic E-state index is 13.2. The first-order valence-corrected chi connectivity index (χ1v) is 10.9. The van der Waals surface area contributed by atoms with Gasteiger partial charge in [-0.2, -0.15) is 0 Å². The Morgan fingerprint density at radius 1 is 1.30 bits per heavy atom. The average Bonchev–Trinajstić information content (AvgIpc) is 3.27. The Labute approximate surface area is 183 Å². The van der Waals surface area contributed by atoms with Crippen LogP contribution in [0.15, 0.2) is 28.8 Å². The topological polar surface area (TPSA) is 81.4 Å². The van der Waals surface area contributed by atoms with E-state index in [1.807, 2.05) is 6.07 Å². The minimum absolute atomic E-state index is 0.290. The molecule has 1 aliphatic rings. The van der Waals surface area contributed by atoms with Gasteiger partial charge in [-0.05, 0) is 43.7 Å². The quantitative estimate of drug-likeness (QED) is 0.535. The molecule has 1 N–H and O–H groups in total. The van der Waals surface area contributed by atoms with Crippen LogP contribution in [0.5, 0.6) is 0 Å². The number of benzene rings is 1. The van der Waals surface area contributed by atoms with Gasteiger partial charge in [0.25, 0.3) is 5.91 Å². The Morgan fingerprint density at radius 2 is 2.07 bits per heavy atom. The minimum Gasteiger partial charge on any atom is -0.465 e. The van der Waals surface area contributed by atoms with Crippen molar-refractivity contribution in [2.45, 2.75) is 33.1 Å². The van der Waals surface area contributed by atoms with Gasteiger partial charge in [0.2, 0.25) is 0 Å². The second kappa shape index (κ2) is 8.24. The molecule has 2 heterocycles. The van der Waals surface area contributed by atoms with Crippen molar-refractivity contribution in [1.29, 1.82) is 0 Å². The zero-order chi connectivity index (χ0) is 21.4. The van der Waals surface area contributed by atoms with Crippen LogP contribution in [0.25, 0.3) is 11.3 Å². The van der Waals surface area contributed by atoms with Crippen molar-refractivity contribution in [3.8, 4) is 11.3 Å². The molecule has 0 spiro atoms. The number of nitrogens with one attached hydrogen (secondary N) is 1. The summed E-state index contributed by atoms with van der Waals surface area (Å²) < 4.78 is 10.3. The highest BCUT2D eigenvalue weighted by atomic mass is 35.5. The molecule has 0 unspecified atom stereocenters. The molecule has 0 aliphatic heterocycles. The molecular formula is C22H21ClN2O4S. The molecule has 4 rings (SSSR count). The van der Waals surface area contributed by atoms with Crippen LogP contribution in [0.4, 0.5) is 5.00 Å². The molecule has 1 atom stereocenters. The zero-order valence-corrected chi connectivity index (χ0v) is 18.4. The Balaban J connectivity index is 1.73. The van der Waals surface area contributed by atoms with E-state index in [2.05, 4.69) is 17.4 Å². The van der Waals surface area contributed by atoms with Crippen molar-refractivity contribution in [2.75, 3.05) is 12.4 Å². The monoisotopic (exact) mass is 444 g/mol. The molecule has 0 fully saturated rings. The third kappa shape index (κ3) is 3.63. The van der Waals surface area contributed by atoms with E-state index >= 15 is 0 Å². The lowest BCUT2D eigenvalue weighted by Gasteiger charge is -2.18. The second-order valence-electron chi connectivity index (χ2n) is 7.44. The number of thiophene rings is 1. The number of methoxy groups -OCH3 is 1. The molecule has 8 heteroatoms. The highest BCUT2D eigenvalue weighted by Crippen LogP contribution is 2.40. The number of anilines is 1. The normalized spacial score (nSPS) is 15.5. The summed E-state index contributed by atoms with van der Waals surface area (Å²) in [5, 5.41) is 7.92. The Morgan fingerprint density at radius 3 is 2.80 bits per heavy atom. The van der Waals surface area contributed by atoms with Crippen molar-refractivity contribution in [2.24, 2.45) is 5.92 Å². The van der Waals surface area contributed by atoms with Gasteiger partial charge in [-0.3, -0.25) is 4.79 Å². The van der Waals surface area contributed by atoms with Crippen LogP contribution in [0.3, 0.4) is 0 Å². The number of aryl methyl sites for hydroxylation is 1. The summed E-state index contributed by atoms with van der Waals surface area (Å²) >= 11 is 7.74. The number of halogens is 1. The standard InChI is InChI=1S/C22H21ClN2O4S/c1-11-8-9-14-16(10-11)30-21(18(14)22(27)28-3)24-20(26)17-12(2)29-25-19(17)13-6-4-5-7-15(13)23/h4-7,11H,8-10H2,1-3H3,(H,24,26)/t11-/m1/s1. The Hall–Kier alpha value is -2.64. The third-order valence-electron chi connectivity index (χ3n) is 5.35. The first kappa shape index (κ1) is 20.6. The van der Waals surface area contributed by atoms with E-state index in [9.17, 15) is 9.59 Å². The van der Waals surface area contributed by atoms with Gasteiger partial charge in [-0.25, -0.2) is 4.79 Å². The van der Waals surface area contributed by atoms with Gasteiger partial charge < -0.3 is 14.6 Å². The number of rotatable bonds is 4. The summed E-state index contributed by atoms with van der Waals surface area (Å²) in [5.41, 5.74) is 2.69. The van der Waals surface area contributed by atoms with E-state index in [-0.39, 0.29) is 0 Å². The molecule has 6 nitrogen and oxygen atoms in total. The second-order valence-corrected chi connectivity index (χ2v) is 8.96. The number of nitrogens with zero attached hydrogens (tertiary/aromatic N) is 1. The van der Waals surface area contributed by atoms with Crippen molar-refractivity contribution >= 4 is 39.8 Å². The summed E-state index contributed by atoms with van der Waals surface area (Å²) in [7, 11) is 1.35. The first-order chi connectivity index (χ1) is 14.4. The van der Waals surface area contributed by atoms with E-state index in [4.69, 9.17) is 20.9 Å². The van der Waals surface area contributed by atoms with Crippen LogP contribution in [0, 0.1) is 12.8 Å². The third-order valence-corrected chi connectivity index (χ3v) is 6.85. The van der Waals surface area contributed by atoms with Crippen LogP contribution < -0.4 is 5.32 Å². The lowest BCUT2D eigenvalue weighted by molar-refractivity contribution is 0.0601. The molecule has 0 radical (unpaired) electrons. The van der Waals surface area contributed by atoms with Crippen LogP contribution in [0.2, 0.25) is 5.02 Å². The van der Waals surface area contributed by atoms with E-state index in [1.54, 1.807) is 25.1 Å². The first-order valence-electron chi connectivity index (χ1n) is 9.66. The highest BCUT2D eigenvalue weighted by molar-refractivity contribution is 7.17. The van der Waals surface area contributed by atoms with Crippen LogP contribution in [-0.4, -0.2) is 24.1 Å².